The number of rotatable bonds is 3. The zero-order chi connectivity index (χ0) is 14.4. The minimum atomic E-state index is -1.15. The minimum Gasteiger partial charge on any atom is -0.477 e. The summed E-state index contributed by atoms with van der Waals surface area (Å²) in [6.07, 6.45) is 0. The molecule has 2 aliphatic heterocycles. The Bertz CT molecular complexity index is 629. The van der Waals surface area contributed by atoms with Crippen LogP contribution in [0.5, 0.6) is 0 Å². The number of aliphatic carboxylic acids is 1. The number of nitrogens with zero attached hydrogens (tertiary/aromatic N) is 5. The summed E-state index contributed by atoms with van der Waals surface area (Å²) in [6.45, 7) is 0. The molecule has 9 nitrogen and oxygen atoms in total. The van der Waals surface area contributed by atoms with Crippen LogP contribution in [0.4, 0.5) is 0 Å². The first-order valence-electron chi connectivity index (χ1n) is 5.57. The lowest BCUT2D eigenvalue weighted by Crippen LogP contribution is -2.68. The lowest BCUT2D eigenvalue weighted by Gasteiger charge is -2.47. The van der Waals surface area contributed by atoms with Gasteiger partial charge < -0.3 is 10.8 Å². The number of thioether (sulfide) groups is 2. The van der Waals surface area contributed by atoms with Crippen LogP contribution in [0, 0.1) is 0 Å². The first-order valence-corrected chi connectivity index (χ1v) is 7.44. The third kappa shape index (κ3) is 1.89. The molecule has 11 heteroatoms. The van der Waals surface area contributed by atoms with Crippen molar-refractivity contribution >= 4 is 35.4 Å². The minimum absolute atomic E-state index is 0.0200. The molecule has 0 spiro atoms. The van der Waals surface area contributed by atoms with Crippen molar-refractivity contribution in [3.63, 3.8) is 0 Å². The largest absolute Gasteiger partial charge is 0.477 e. The Morgan fingerprint density at radius 2 is 2.35 bits per heavy atom. The number of carbonyl (C=O) groups excluding carboxylic acids is 1. The second-order valence-electron chi connectivity index (χ2n) is 4.20. The molecule has 2 atom stereocenters. The van der Waals surface area contributed by atoms with Crippen LogP contribution < -0.4 is 5.73 Å². The van der Waals surface area contributed by atoms with E-state index in [-0.39, 0.29) is 17.0 Å². The standard InChI is InChI=1S/C9H10N6O3S2/c1-14-9(11-12-13-14)20-3-2-19-7-4(10)6(16)15(7)5(3)8(17)18/h4,7H,2,10H2,1H3,(H,17,18). The Hall–Kier alpha value is -1.59. The number of carboxylic acid groups (broad SMARTS) is 1. The summed E-state index contributed by atoms with van der Waals surface area (Å²) < 4.78 is 1.44. The van der Waals surface area contributed by atoms with Crippen molar-refractivity contribution in [2.75, 3.05) is 5.75 Å². The maximum atomic E-state index is 11.8. The highest BCUT2D eigenvalue weighted by atomic mass is 32.2. The number of carbonyl (C=O) groups is 2. The fraction of sp³-hybridized carbons (Fsp3) is 0.444. The average molecular weight is 314 g/mol. The summed E-state index contributed by atoms with van der Waals surface area (Å²) in [5.74, 6) is -1.05. The van der Waals surface area contributed by atoms with Crippen LogP contribution in [0.2, 0.25) is 0 Å². The third-order valence-corrected chi connectivity index (χ3v) is 5.57. The number of aryl methyl sites for hydroxylation is 1. The van der Waals surface area contributed by atoms with Crippen LogP contribution in [-0.4, -0.2) is 59.3 Å². The first-order chi connectivity index (χ1) is 9.50. The number of fused-ring (bicyclic) bond motifs is 1. The number of hydrogen-bond acceptors (Lipinski definition) is 8. The molecule has 2 aliphatic rings. The summed E-state index contributed by atoms with van der Waals surface area (Å²) in [5.41, 5.74) is 5.65. The number of aromatic nitrogens is 4. The Kier molecular flexibility index (Phi) is 3.18. The zero-order valence-electron chi connectivity index (χ0n) is 10.3. The number of carboxylic acids is 1. The van der Waals surface area contributed by atoms with Gasteiger partial charge in [-0.25, -0.2) is 9.48 Å². The summed E-state index contributed by atoms with van der Waals surface area (Å²) in [4.78, 5) is 25.0. The topological polar surface area (TPSA) is 127 Å². The molecular weight excluding hydrogens is 304 g/mol. The Morgan fingerprint density at radius 3 is 2.95 bits per heavy atom. The van der Waals surface area contributed by atoms with Crippen LogP contribution in [0.15, 0.2) is 15.8 Å². The molecule has 1 fully saturated rings. The molecular formula is C9H10N6O3S2. The molecule has 0 radical (unpaired) electrons. The second-order valence-corrected chi connectivity index (χ2v) is 6.37. The van der Waals surface area contributed by atoms with Crippen LogP contribution in [-0.2, 0) is 16.6 Å². The molecule has 1 amide bonds. The lowest BCUT2D eigenvalue weighted by molar-refractivity contribution is -0.147. The van der Waals surface area contributed by atoms with Crippen molar-refractivity contribution in [3.8, 4) is 0 Å². The monoisotopic (exact) mass is 314 g/mol. The smallest absolute Gasteiger partial charge is 0.353 e. The number of nitrogens with two attached hydrogens (primary N) is 1. The van der Waals surface area contributed by atoms with Crippen molar-refractivity contribution < 1.29 is 14.7 Å². The van der Waals surface area contributed by atoms with E-state index >= 15 is 0 Å². The summed E-state index contributed by atoms with van der Waals surface area (Å²) >= 11 is 2.59. The maximum absolute atomic E-state index is 11.8. The number of amides is 1. The third-order valence-electron chi connectivity index (χ3n) is 2.97. The molecule has 0 aromatic carbocycles. The van der Waals surface area contributed by atoms with Gasteiger partial charge in [0.1, 0.15) is 17.1 Å². The zero-order valence-corrected chi connectivity index (χ0v) is 11.9. The quantitative estimate of drug-likeness (QED) is 0.664. The summed E-state index contributed by atoms with van der Waals surface area (Å²) in [7, 11) is 1.66. The predicted octanol–water partition coefficient (Wildman–Crippen LogP) is -1.16. The van der Waals surface area contributed by atoms with E-state index in [0.29, 0.717) is 15.8 Å². The fourth-order valence-corrected chi connectivity index (χ4v) is 4.31. The number of hydrogen-bond donors (Lipinski definition) is 2. The molecule has 1 aromatic rings. The molecule has 106 valence electrons. The molecule has 3 rings (SSSR count). The summed E-state index contributed by atoms with van der Waals surface area (Å²) in [6, 6.07) is -0.627. The highest BCUT2D eigenvalue weighted by Crippen LogP contribution is 2.43. The highest BCUT2D eigenvalue weighted by molar-refractivity contribution is 8.06. The van der Waals surface area contributed by atoms with Crippen LogP contribution >= 0.6 is 23.5 Å². The van der Waals surface area contributed by atoms with Gasteiger partial charge in [-0.3, -0.25) is 9.69 Å². The molecule has 0 aliphatic carbocycles. The van der Waals surface area contributed by atoms with Gasteiger partial charge in [0, 0.05) is 17.7 Å². The molecule has 0 bridgehead atoms. The first kappa shape index (κ1) is 13.4. The van der Waals surface area contributed by atoms with E-state index in [0.717, 1.165) is 11.8 Å². The van der Waals surface area contributed by atoms with E-state index in [2.05, 4.69) is 15.5 Å². The van der Waals surface area contributed by atoms with Crippen LogP contribution in [0.1, 0.15) is 0 Å². The van der Waals surface area contributed by atoms with Crippen LogP contribution in [0.25, 0.3) is 0 Å². The van der Waals surface area contributed by atoms with E-state index in [1.807, 2.05) is 0 Å². The van der Waals surface area contributed by atoms with E-state index in [9.17, 15) is 14.7 Å². The predicted molar refractivity (Wildman–Crippen MR) is 70.4 cm³/mol. The molecule has 3 N–H and O–H groups in total. The van der Waals surface area contributed by atoms with Gasteiger partial charge in [-0.15, -0.1) is 16.9 Å². The lowest BCUT2D eigenvalue weighted by atomic mass is 10.1. The van der Waals surface area contributed by atoms with E-state index in [4.69, 9.17) is 5.73 Å². The number of β-lactam (4-membered cyclic amide) rings is 1. The van der Waals surface area contributed by atoms with Gasteiger partial charge in [0.2, 0.25) is 11.1 Å². The highest BCUT2D eigenvalue weighted by Gasteiger charge is 2.52. The van der Waals surface area contributed by atoms with E-state index in [1.165, 1.54) is 21.3 Å². The molecule has 1 saturated heterocycles. The van der Waals surface area contributed by atoms with Crippen molar-refractivity contribution in [2.45, 2.75) is 16.6 Å². The molecule has 20 heavy (non-hydrogen) atoms. The average Bonchev–Trinajstić information content (AvgIpc) is 2.82. The van der Waals surface area contributed by atoms with Gasteiger partial charge in [0.15, 0.2) is 0 Å². The van der Waals surface area contributed by atoms with Crippen molar-refractivity contribution in [2.24, 2.45) is 12.8 Å². The summed E-state index contributed by atoms with van der Waals surface area (Å²) in [5, 5.41) is 20.5. The second kappa shape index (κ2) is 4.75. The molecule has 2 unspecified atom stereocenters. The fourth-order valence-electron chi connectivity index (χ4n) is 1.98. The Balaban J connectivity index is 1.96. The van der Waals surface area contributed by atoms with Gasteiger partial charge in [-0.1, -0.05) is 0 Å². The molecule has 1 aromatic heterocycles. The SMILES string of the molecule is Cn1nnnc1SC1=C(C(=O)O)N2C(=O)C(N)C2SC1. The van der Waals surface area contributed by atoms with Gasteiger partial charge in [0.05, 0.1) is 0 Å². The van der Waals surface area contributed by atoms with Gasteiger partial charge in [0.25, 0.3) is 0 Å². The van der Waals surface area contributed by atoms with Gasteiger partial charge in [-0.05, 0) is 22.2 Å². The van der Waals surface area contributed by atoms with Crippen molar-refractivity contribution in [1.29, 1.82) is 0 Å². The van der Waals surface area contributed by atoms with Gasteiger partial charge >= 0.3 is 5.97 Å². The van der Waals surface area contributed by atoms with Crippen molar-refractivity contribution in [3.05, 3.63) is 10.6 Å². The van der Waals surface area contributed by atoms with Crippen LogP contribution in [0.3, 0.4) is 0 Å². The maximum Gasteiger partial charge on any atom is 0.353 e. The Morgan fingerprint density at radius 1 is 1.60 bits per heavy atom. The van der Waals surface area contributed by atoms with E-state index < -0.39 is 12.0 Å². The molecule has 0 saturated carbocycles. The Labute approximate surface area is 121 Å². The number of tetrazole rings is 1. The van der Waals surface area contributed by atoms with E-state index in [1.54, 1.807) is 7.05 Å². The van der Waals surface area contributed by atoms with Crippen molar-refractivity contribution in [1.82, 2.24) is 25.1 Å². The van der Waals surface area contributed by atoms with Gasteiger partial charge in [-0.2, -0.15) is 0 Å². The normalized spacial score (nSPS) is 25.5. The molecule has 3 heterocycles.